The minimum Gasteiger partial charge on any atom is -0.481 e. The van der Waals surface area contributed by atoms with Crippen LogP contribution in [-0.4, -0.2) is 30.9 Å². The number of carboxylic acids is 1. The maximum Gasteiger partial charge on any atom is 0.307 e. The summed E-state index contributed by atoms with van der Waals surface area (Å²) in [6.45, 7) is 4.01. The lowest BCUT2D eigenvalue weighted by atomic mass is 9.95. The van der Waals surface area contributed by atoms with Crippen LogP contribution in [0.2, 0.25) is 0 Å². The first-order valence-electron chi connectivity index (χ1n) is 7.02. The molecule has 20 heavy (non-hydrogen) atoms. The molecule has 0 saturated heterocycles. The first-order chi connectivity index (χ1) is 9.60. The van der Waals surface area contributed by atoms with Crippen molar-refractivity contribution < 1.29 is 9.90 Å². The van der Waals surface area contributed by atoms with Gasteiger partial charge in [0, 0.05) is 5.92 Å². The number of hydrogen-bond donors (Lipinski definition) is 1. The van der Waals surface area contributed by atoms with Crippen LogP contribution in [0.5, 0.6) is 0 Å². The quantitative estimate of drug-likeness (QED) is 0.926. The fourth-order valence-corrected chi connectivity index (χ4v) is 3.16. The van der Waals surface area contributed by atoms with E-state index in [1.54, 1.807) is 4.52 Å². The molecule has 106 valence electrons. The first-order valence-corrected chi connectivity index (χ1v) is 7.02. The van der Waals surface area contributed by atoms with E-state index in [0.29, 0.717) is 17.4 Å². The van der Waals surface area contributed by atoms with Crippen molar-refractivity contribution in [1.82, 2.24) is 19.8 Å². The molecule has 6 nitrogen and oxygen atoms in total. The van der Waals surface area contributed by atoms with Crippen molar-refractivity contribution in [3.63, 3.8) is 0 Å². The van der Waals surface area contributed by atoms with Gasteiger partial charge in [-0.15, -0.1) is 10.2 Å². The molecule has 0 aliphatic heterocycles. The molecule has 3 rings (SSSR count). The normalized spacial score (nSPS) is 26.2. The number of carbonyl (C=O) groups is 1. The van der Waals surface area contributed by atoms with Crippen molar-refractivity contribution in [3.05, 3.63) is 23.7 Å². The molecule has 0 spiro atoms. The van der Waals surface area contributed by atoms with Crippen molar-refractivity contribution in [2.45, 2.75) is 39.0 Å². The summed E-state index contributed by atoms with van der Waals surface area (Å²) in [5, 5.41) is 22.2. The van der Waals surface area contributed by atoms with Crippen LogP contribution >= 0.6 is 0 Å². The molecule has 1 fully saturated rings. The summed E-state index contributed by atoms with van der Waals surface area (Å²) < 4.78 is 1.70. The number of aliphatic carboxylic acids is 1. The van der Waals surface area contributed by atoms with Gasteiger partial charge in [0.2, 0.25) is 0 Å². The molecule has 3 unspecified atom stereocenters. The van der Waals surface area contributed by atoms with Crippen molar-refractivity contribution in [3.8, 4) is 0 Å². The second-order valence-corrected chi connectivity index (χ2v) is 5.60. The lowest BCUT2D eigenvalue weighted by Crippen LogP contribution is -2.19. The molecular formula is C14H18N4O2. The summed E-state index contributed by atoms with van der Waals surface area (Å²) in [5.41, 5.74) is 1.55. The van der Waals surface area contributed by atoms with E-state index in [1.165, 1.54) is 0 Å². The summed E-state index contributed by atoms with van der Waals surface area (Å²) in [5.74, 6) is -0.0860. The van der Waals surface area contributed by atoms with Gasteiger partial charge in [-0.1, -0.05) is 13.3 Å². The first kappa shape index (κ1) is 13.0. The number of carboxylic acid groups (broad SMARTS) is 1. The predicted octanol–water partition coefficient (Wildman–Crippen LogP) is 2.04. The monoisotopic (exact) mass is 274 g/mol. The summed E-state index contributed by atoms with van der Waals surface area (Å²) in [6, 6.07) is 3.74. The average Bonchev–Trinajstić information content (AvgIpc) is 3.00. The van der Waals surface area contributed by atoms with Gasteiger partial charge in [0.25, 0.3) is 0 Å². The standard InChI is InChI=1S/C14H18N4O2/c1-3-9-6-10(11(7-9)14(19)20)13-16-15-12-5-4-8(2)17-18(12)13/h4-5,9-11H,3,6-7H2,1-2H3,(H,19,20). The van der Waals surface area contributed by atoms with Crippen LogP contribution in [0.3, 0.4) is 0 Å². The SMILES string of the molecule is CCC1CC(C(=O)O)C(c2nnc3ccc(C)nn23)C1. The largest absolute Gasteiger partial charge is 0.481 e. The van der Waals surface area contributed by atoms with E-state index in [-0.39, 0.29) is 11.8 Å². The van der Waals surface area contributed by atoms with E-state index >= 15 is 0 Å². The Kier molecular flexibility index (Phi) is 3.16. The van der Waals surface area contributed by atoms with Crippen molar-refractivity contribution in [1.29, 1.82) is 0 Å². The van der Waals surface area contributed by atoms with E-state index in [2.05, 4.69) is 22.2 Å². The minimum absolute atomic E-state index is 0.0956. The Morgan fingerprint density at radius 3 is 2.90 bits per heavy atom. The third-order valence-electron chi connectivity index (χ3n) is 4.31. The van der Waals surface area contributed by atoms with Gasteiger partial charge < -0.3 is 5.11 Å². The molecule has 0 bridgehead atoms. The molecule has 1 saturated carbocycles. The van der Waals surface area contributed by atoms with Gasteiger partial charge in [-0.25, -0.2) is 0 Å². The Hall–Kier alpha value is -1.98. The highest BCUT2D eigenvalue weighted by Crippen LogP contribution is 2.43. The van der Waals surface area contributed by atoms with Crippen LogP contribution in [0.1, 0.15) is 43.6 Å². The van der Waals surface area contributed by atoms with Gasteiger partial charge in [-0.2, -0.15) is 9.61 Å². The van der Waals surface area contributed by atoms with Crippen LogP contribution in [0.25, 0.3) is 5.65 Å². The van der Waals surface area contributed by atoms with Crippen LogP contribution < -0.4 is 0 Å². The summed E-state index contributed by atoms with van der Waals surface area (Å²) in [4.78, 5) is 11.5. The lowest BCUT2D eigenvalue weighted by molar-refractivity contribution is -0.142. The van der Waals surface area contributed by atoms with Gasteiger partial charge in [0.1, 0.15) is 0 Å². The minimum atomic E-state index is -0.740. The maximum absolute atomic E-state index is 11.5. The van der Waals surface area contributed by atoms with Gasteiger partial charge in [-0.3, -0.25) is 4.79 Å². The predicted molar refractivity (Wildman–Crippen MR) is 72.4 cm³/mol. The highest BCUT2D eigenvalue weighted by atomic mass is 16.4. The van der Waals surface area contributed by atoms with E-state index < -0.39 is 5.97 Å². The molecule has 0 amide bonds. The van der Waals surface area contributed by atoms with E-state index in [0.717, 1.165) is 25.0 Å². The molecule has 0 aromatic carbocycles. The number of hydrogen-bond acceptors (Lipinski definition) is 4. The van der Waals surface area contributed by atoms with Gasteiger partial charge in [0.15, 0.2) is 11.5 Å². The molecule has 1 aliphatic carbocycles. The Labute approximate surface area is 116 Å². The average molecular weight is 274 g/mol. The van der Waals surface area contributed by atoms with Gasteiger partial charge in [-0.05, 0) is 37.8 Å². The van der Waals surface area contributed by atoms with E-state index in [1.807, 2.05) is 19.1 Å². The van der Waals surface area contributed by atoms with Crippen LogP contribution in [-0.2, 0) is 4.79 Å². The zero-order valence-corrected chi connectivity index (χ0v) is 11.7. The van der Waals surface area contributed by atoms with Gasteiger partial charge >= 0.3 is 5.97 Å². The number of aromatic nitrogens is 4. The Morgan fingerprint density at radius 2 is 2.20 bits per heavy atom. The molecule has 3 atom stereocenters. The zero-order chi connectivity index (χ0) is 14.3. The lowest BCUT2D eigenvalue weighted by Gasteiger charge is -2.13. The van der Waals surface area contributed by atoms with Crippen LogP contribution in [0.15, 0.2) is 12.1 Å². The maximum atomic E-state index is 11.5. The number of aryl methyl sites for hydroxylation is 1. The fourth-order valence-electron chi connectivity index (χ4n) is 3.16. The van der Waals surface area contributed by atoms with E-state index in [9.17, 15) is 9.90 Å². The van der Waals surface area contributed by atoms with Crippen molar-refractivity contribution >= 4 is 11.6 Å². The molecule has 0 radical (unpaired) electrons. The topological polar surface area (TPSA) is 80.4 Å². The van der Waals surface area contributed by atoms with Crippen LogP contribution in [0, 0.1) is 18.8 Å². The zero-order valence-electron chi connectivity index (χ0n) is 11.7. The van der Waals surface area contributed by atoms with Crippen LogP contribution in [0.4, 0.5) is 0 Å². The highest BCUT2D eigenvalue weighted by molar-refractivity contribution is 5.71. The molecular weight excluding hydrogens is 256 g/mol. The number of fused-ring (bicyclic) bond motifs is 1. The smallest absolute Gasteiger partial charge is 0.307 e. The highest BCUT2D eigenvalue weighted by Gasteiger charge is 2.41. The number of nitrogens with zero attached hydrogens (tertiary/aromatic N) is 4. The molecule has 1 N–H and O–H groups in total. The fraction of sp³-hybridized carbons (Fsp3) is 0.571. The summed E-state index contributed by atoms with van der Waals surface area (Å²) in [6.07, 6.45) is 2.57. The number of rotatable bonds is 3. The van der Waals surface area contributed by atoms with E-state index in [4.69, 9.17) is 0 Å². The third-order valence-corrected chi connectivity index (χ3v) is 4.31. The Bertz CT molecular complexity index is 652. The Morgan fingerprint density at radius 1 is 1.40 bits per heavy atom. The Balaban J connectivity index is 2.04. The molecule has 2 aromatic heterocycles. The second-order valence-electron chi connectivity index (χ2n) is 5.60. The van der Waals surface area contributed by atoms with Gasteiger partial charge in [0.05, 0.1) is 11.6 Å². The second kappa shape index (κ2) is 4.85. The molecule has 2 heterocycles. The van der Waals surface area contributed by atoms with Crippen molar-refractivity contribution in [2.75, 3.05) is 0 Å². The molecule has 1 aliphatic rings. The van der Waals surface area contributed by atoms with Crippen molar-refractivity contribution in [2.24, 2.45) is 11.8 Å². The summed E-state index contributed by atoms with van der Waals surface area (Å²) in [7, 11) is 0. The molecule has 2 aromatic rings. The third kappa shape index (κ3) is 2.05. The molecule has 6 heteroatoms. The summed E-state index contributed by atoms with van der Waals surface area (Å²) >= 11 is 0.